The fourth-order valence-corrected chi connectivity index (χ4v) is 2.65. The van der Waals surface area contributed by atoms with Gasteiger partial charge >= 0.3 is 0 Å². The first-order valence-corrected chi connectivity index (χ1v) is 7.89. The van der Waals surface area contributed by atoms with Crippen LogP contribution in [0.5, 0.6) is 0 Å². The summed E-state index contributed by atoms with van der Waals surface area (Å²) >= 11 is 0. The summed E-state index contributed by atoms with van der Waals surface area (Å²) in [6.07, 6.45) is 6.26. The summed E-state index contributed by atoms with van der Waals surface area (Å²) in [5.74, 6) is 0.246. The molecular formula is C18H22N2O4. The molecule has 1 aromatic heterocycles. The highest BCUT2D eigenvalue weighted by Gasteiger charge is 2.23. The fraction of sp³-hybridized carbons (Fsp3) is 0.333. The summed E-state index contributed by atoms with van der Waals surface area (Å²) in [5.41, 5.74) is 1.04. The van der Waals surface area contributed by atoms with E-state index in [1.54, 1.807) is 6.07 Å². The first kappa shape index (κ1) is 17.7. The molecule has 0 amide bonds. The Morgan fingerprint density at radius 3 is 2.67 bits per heavy atom. The van der Waals surface area contributed by atoms with Crippen LogP contribution >= 0.6 is 0 Å². The van der Waals surface area contributed by atoms with E-state index < -0.39 is 5.97 Å². The Bertz CT molecular complexity index is 714. The highest BCUT2D eigenvalue weighted by molar-refractivity contribution is 5.62. The van der Waals surface area contributed by atoms with Gasteiger partial charge in [0.2, 0.25) is 0 Å². The number of hydrogen-bond acceptors (Lipinski definition) is 4. The normalized spacial score (nSPS) is 20.4. The number of benzene rings is 1. The van der Waals surface area contributed by atoms with Crippen LogP contribution in [-0.2, 0) is 4.79 Å². The van der Waals surface area contributed by atoms with Crippen molar-refractivity contribution in [2.75, 3.05) is 6.54 Å². The van der Waals surface area contributed by atoms with Gasteiger partial charge in [-0.2, -0.15) is 5.16 Å². The minimum absolute atomic E-state index is 0.157. The molecule has 0 saturated carbocycles. The molecule has 0 aliphatic carbocycles. The molecule has 2 aromatic rings. The first-order valence-electron chi connectivity index (χ1n) is 7.89. The standard InChI is InChI=1S/C16H18N2O2.C2H4O2/c19-16-11-15(20-18-16)13-8-9-17-14(10-13)7-6-12-4-2-1-3-5-12;1-2(3)4/h1-7,11,13-14,17H,8-10H2,(H,18,19);1H3,(H,3,4)/t13-,14+;/m1./s1. The Labute approximate surface area is 140 Å². The number of nitrogens with one attached hydrogen (secondary N) is 2. The third-order valence-electron chi connectivity index (χ3n) is 3.70. The molecule has 128 valence electrons. The van der Waals surface area contributed by atoms with Crippen molar-refractivity contribution < 1.29 is 14.4 Å². The number of aromatic nitrogens is 1. The molecule has 6 heteroatoms. The van der Waals surface area contributed by atoms with E-state index >= 15 is 0 Å². The molecule has 1 fully saturated rings. The van der Waals surface area contributed by atoms with Crippen molar-refractivity contribution in [1.29, 1.82) is 0 Å². The van der Waals surface area contributed by atoms with Crippen LogP contribution in [0, 0.1) is 0 Å². The van der Waals surface area contributed by atoms with Crippen molar-refractivity contribution in [3.8, 4) is 0 Å². The summed E-state index contributed by atoms with van der Waals surface area (Å²) < 4.78 is 5.23. The smallest absolute Gasteiger partial charge is 0.300 e. The highest BCUT2D eigenvalue weighted by Crippen LogP contribution is 2.27. The summed E-state index contributed by atoms with van der Waals surface area (Å²) in [6.45, 7) is 2.02. The zero-order chi connectivity index (χ0) is 17.4. The number of rotatable bonds is 3. The van der Waals surface area contributed by atoms with Gasteiger partial charge in [-0.25, -0.2) is 0 Å². The lowest BCUT2D eigenvalue weighted by Crippen LogP contribution is -2.35. The van der Waals surface area contributed by atoms with E-state index in [1.165, 1.54) is 5.56 Å². The van der Waals surface area contributed by atoms with Crippen LogP contribution in [0.1, 0.15) is 37.0 Å². The van der Waals surface area contributed by atoms with Gasteiger partial charge in [0.25, 0.3) is 11.5 Å². The summed E-state index contributed by atoms with van der Waals surface area (Å²) in [6, 6.07) is 12.1. The van der Waals surface area contributed by atoms with Crippen molar-refractivity contribution >= 4 is 12.0 Å². The van der Waals surface area contributed by atoms with Gasteiger partial charge in [0, 0.05) is 24.9 Å². The average molecular weight is 330 g/mol. The number of hydrogen-bond donors (Lipinski definition) is 3. The molecular weight excluding hydrogens is 308 g/mol. The quantitative estimate of drug-likeness (QED) is 0.804. The molecule has 1 saturated heterocycles. The van der Waals surface area contributed by atoms with E-state index in [2.05, 4.69) is 34.8 Å². The molecule has 1 aliphatic heterocycles. The minimum atomic E-state index is -0.833. The van der Waals surface area contributed by atoms with E-state index in [1.807, 2.05) is 18.2 Å². The van der Waals surface area contributed by atoms with Gasteiger partial charge in [-0.3, -0.25) is 9.59 Å². The Kier molecular flexibility index (Phi) is 6.57. The number of H-pyrrole nitrogens is 1. The largest absolute Gasteiger partial charge is 0.481 e. The van der Waals surface area contributed by atoms with E-state index in [0.29, 0.717) is 12.0 Å². The molecule has 2 heterocycles. The SMILES string of the molecule is CC(=O)O.O=c1cc([C@@H]2CCN[C@@H](C=Cc3ccccc3)C2)o[nH]1. The second-order valence-corrected chi connectivity index (χ2v) is 5.69. The van der Waals surface area contributed by atoms with Crippen molar-refractivity contribution in [2.24, 2.45) is 0 Å². The Hall–Kier alpha value is -2.60. The molecule has 1 aromatic carbocycles. The summed E-state index contributed by atoms with van der Waals surface area (Å²) in [4.78, 5) is 20.1. The van der Waals surface area contributed by atoms with Gasteiger partial charge in [0.15, 0.2) is 0 Å². The maximum atomic E-state index is 11.1. The fourth-order valence-electron chi connectivity index (χ4n) is 2.65. The number of piperidine rings is 1. The zero-order valence-corrected chi connectivity index (χ0v) is 13.6. The number of aliphatic carboxylic acids is 1. The second-order valence-electron chi connectivity index (χ2n) is 5.69. The van der Waals surface area contributed by atoms with Crippen LogP contribution in [0.15, 0.2) is 51.8 Å². The summed E-state index contributed by atoms with van der Waals surface area (Å²) in [5, 5.41) is 13.3. The van der Waals surface area contributed by atoms with E-state index in [0.717, 1.165) is 32.1 Å². The van der Waals surface area contributed by atoms with Crippen molar-refractivity contribution in [2.45, 2.75) is 31.7 Å². The number of aromatic amines is 1. The average Bonchev–Trinajstić information content (AvgIpc) is 3.00. The van der Waals surface area contributed by atoms with Crippen LogP contribution in [0.2, 0.25) is 0 Å². The molecule has 2 atom stereocenters. The molecule has 0 unspecified atom stereocenters. The molecule has 0 bridgehead atoms. The minimum Gasteiger partial charge on any atom is -0.481 e. The monoisotopic (exact) mass is 330 g/mol. The van der Waals surface area contributed by atoms with E-state index in [9.17, 15) is 4.79 Å². The maximum absolute atomic E-state index is 11.1. The second kappa shape index (κ2) is 8.88. The lowest BCUT2D eigenvalue weighted by molar-refractivity contribution is -0.134. The van der Waals surface area contributed by atoms with Crippen molar-refractivity contribution in [3.63, 3.8) is 0 Å². The number of carboxylic acids is 1. The van der Waals surface area contributed by atoms with Gasteiger partial charge in [-0.1, -0.05) is 42.5 Å². The van der Waals surface area contributed by atoms with Crippen LogP contribution in [0.3, 0.4) is 0 Å². The van der Waals surface area contributed by atoms with Gasteiger partial charge in [0.1, 0.15) is 5.76 Å². The van der Waals surface area contributed by atoms with Crippen LogP contribution in [-0.4, -0.2) is 28.8 Å². The molecule has 0 radical (unpaired) electrons. The Morgan fingerprint density at radius 1 is 1.33 bits per heavy atom. The Balaban J connectivity index is 0.000000471. The maximum Gasteiger partial charge on any atom is 0.300 e. The molecule has 3 rings (SSSR count). The predicted octanol–water partition coefficient (Wildman–Crippen LogP) is 2.61. The molecule has 24 heavy (non-hydrogen) atoms. The topological polar surface area (TPSA) is 95.3 Å². The van der Waals surface area contributed by atoms with Crippen molar-refractivity contribution in [1.82, 2.24) is 10.5 Å². The van der Waals surface area contributed by atoms with Gasteiger partial charge in [-0.05, 0) is 24.9 Å². The van der Waals surface area contributed by atoms with Crippen molar-refractivity contribution in [3.05, 3.63) is 64.2 Å². The lowest BCUT2D eigenvalue weighted by atomic mass is 9.90. The highest BCUT2D eigenvalue weighted by atomic mass is 16.5. The zero-order valence-electron chi connectivity index (χ0n) is 13.6. The third-order valence-corrected chi connectivity index (χ3v) is 3.70. The molecule has 0 spiro atoms. The van der Waals surface area contributed by atoms with Gasteiger partial charge in [0.05, 0.1) is 0 Å². The van der Waals surface area contributed by atoms with Gasteiger partial charge < -0.3 is 14.9 Å². The van der Waals surface area contributed by atoms with Gasteiger partial charge in [-0.15, -0.1) is 0 Å². The molecule has 1 aliphatic rings. The molecule has 3 N–H and O–H groups in total. The lowest BCUT2D eigenvalue weighted by Gasteiger charge is -2.26. The number of carbonyl (C=O) groups is 1. The predicted molar refractivity (Wildman–Crippen MR) is 91.9 cm³/mol. The van der Waals surface area contributed by atoms with Crippen LogP contribution < -0.4 is 10.9 Å². The van der Waals surface area contributed by atoms with Crippen LogP contribution in [0.25, 0.3) is 6.08 Å². The third kappa shape index (κ3) is 5.89. The van der Waals surface area contributed by atoms with E-state index in [-0.39, 0.29) is 5.56 Å². The van der Waals surface area contributed by atoms with Crippen LogP contribution in [0.4, 0.5) is 0 Å². The number of carboxylic acid groups (broad SMARTS) is 1. The molecule has 6 nitrogen and oxygen atoms in total. The van der Waals surface area contributed by atoms with E-state index in [4.69, 9.17) is 14.4 Å². The summed E-state index contributed by atoms with van der Waals surface area (Å²) in [7, 11) is 0. The first-order chi connectivity index (χ1) is 11.5. The Morgan fingerprint density at radius 2 is 2.04 bits per heavy atom.